The van der Waals surface area contributed by atoms with E-state index in [9.17, 15) is 0 Å². The molecule has 3 rings (SSSR count). The number of hydrazine groups is 1. The molecule has 2 aliphatic rings. The Bertz CT molecular complexity index is 477. The summed E-state index contributed by atoms with van der Waals surface area (Å²) in [6.07, 6.45) is 4.03. The second-order valence-corrected chi connectivity index (χ2v) is 7.01. The van der Waals surface area contributed by atoms with E-state index in [0.717, 1.165) is 50.0 Å². The van der Waals surface area contributed by atoms with Gasteiger partial charge < -0.3 is 9.47 Å². The molecule has 2 fully saturated rings. The number of rotatable bonds is 4. The molecule has 0 aliphatic carbocycles. The van der Waals surface area contributed by atoms with Crippen molar-refractivity contribution in [3.63, 3.8) is 0 Å². The van der Waals surface area contributed by atoms with E-state index in [-0.39, 0.29) is 11.6 Å². The summed E-state index contributed by atoms with van der Waals surface area (Å²) in [6.45, 7) is 2.36. The number of benzene rings is 1. The number of nitrogens with one attached hydrogen (secondary N) is 1. The van der Waals surface area contributed by atoms with Crippen molar-refractivity contribution in [2.45, 2.75) is 37.3 Å². The fraction of sp³-hybridized carbons (Fsp3) is 0.625. The molecule has 1 aromatic carbocycles. The lowest BCUT2D eigenvalue weighted by molar-refractivity contribution is -0.103. The maximum absolute atomic E-state index is 6.02. The van der Waals surface area contributed by atoms with Gasteiger partial charge in [0.1, 0.15) is 0 Å². The highest BCUT2D eigenvalue weighted by atomic mass is 79.9. The third kappa shape index (κ3) is 3.48. The molecule has 2 heterocycles. The Kier molecular flexibility index (Phi) is 4.96. The number of halogens is 1. The van der Waals surface area contributed by atoms with Crippen LogP contribution in [0.1, 0.15) is 24.8 Å². The monoisotopic (exact) mass is 354 g/mol. The number of hydrogen-bond donors (Lipinski definition) is 2. The first kappa shape index (κ1) is 15.4. The highest BCUT2D eigenvalue weighted by Gasteiger charge is 2.42. The van der Waals surface area contributed by atoms with Gasteiger partial charge in [0.05, 0.1) is 12.2 Å². The standard InChI is InChI=1S/C16H23BrN2O2/c17-14-4-2-1-3-12(14)9-15(19-18)13-5-7-21-16(10-13)6-8-20-11-16/h1-4,13,15,19H,5-11,18H2. The predicted molar refractivity (Wildman–Crippen MR) is 85.8 cm³/mol. The van der Waals surface area contributed by atoms with Gasteiger partial charge in [0.25, 0.3) is 0 Å². The molecule has 4 nitrogen and oxygen atoms in total. The second-order valence-electron chi connectivity index (χ2n) is 6.16. The minimum atomic E-state index is -0.0636. The van der Waals surface area contributed by atoms with Crippen LogP contribution in [0.4, 0.5) is 0 Å². The molecule has 3 atom stereocenters. The van der Waals surface area contributed by atoms with E-state index in [1.165, 1.54) is 5.56 Å². The van der Waals surface area contributed by atoms with E-state index in [1.54, 1.807) is 0 Å². The topological polar surface area (TPSA) is 56.5 Å². The van der Waals surface area contributed by atoms with Crippen molar-refractivity contribution in [3.05, 3.63) is 34.3 Å². The highest BCUT2D eigenvalue weighted by molar-refractivity contribution is 9.10. The normalized spacial score (nSPS) is 30.7. The molecule has 2 aliphatic heterocycles. The summed E-state index contributed by atoms with van der Waals surface area (Å²) in [5.41, 5.74) is 4.27. The Balaban J connectivity index is 1.69. The summed E-state index contributed by atoms with van der Waals surface area (Å²) in [6, 6.07) is 8.62. The molecule has 1 aromatic rings. The number of hydrogen-bond acceptors (Lipinski definition) is 4. The van der Waals surface area contributed by atoms with Crippen molar-refractivity contribution < 1.29 is 9.47 Å². The fourth-order valence-electron chi connectivity index (χ4n) is 3.53. The van der Waals surface area contributed by atoms with Crippen LogP contribution in [0.25, 0.3) is 0 Å². The molecule has 2 saturated heterocycles. The largest absolute Gasteiger partial charge is 0.378 e. The van der Waals surface area contributed by atoms with E-state index in [0.29, 0.717) is 5.92 Å². The first-order valence-electron chi connectivity index (χ1n) is 7.64. The van der Waals surface area contributed by atoms with Crippen LogP contribution in [0.3, 0.4) is 0 Å². The molecule has 21 heavy (non-hydrogen) atoms. The van der Waals surface area contributed by atoms with Gasteiger partial charge in [-0.05, 0) is 36.8 Å². The van der Waals surface area contributed by atoms with Crippen LogP contribution in [-0.2, 0) is 15.9 Å². The third-order valence-corrected chi connectivity index (χ3v) is 5.55. The molecule has 0 bridgehead atoms. The van der Waals surface area contributed by atoms with E-state index in [1.807, 2.05) is 6.07 Å². The smallest absolute Gasteiger partial charge is 0.0939 e. The van der Waals surface area contributed by atoms with Gasteiger partial charge in [-0.2, -0.15) is 0 Å². The van der Waals surface area contributed by atoms with Crippen LogP contribution in [0.5, 0.6) is 0 Å². The fourth-order valence-corrected chi connectivity index (χ4v) is 3.98. The zero-order valence-corrected chi connectivity index (χ0v) is 13.8. The Morgan fingerprint density at radius 1 is 1.38 bits per heavy atom. The summed E-state index contributed by atoms with van der Waals surface area (Å²) < 4.78 is 12.7. The molecule has 0 aromatic heterocycles. The summed E-state index contributed by atoms with van der Waals surface area (Å²) in [4.78, 5) is 0. The molecule has 0 saturated carbocycles. The van der Waals surface area contributed by atoms with E-state index < -0.39 is 0 Å². The van der Waals surface area contributed by atoms with Gasteiger partial charge in [-0.25, -0.2) is 0 Å². The SMILES string of the molecule is NNC(Cc1ccccc1Br)C1CCOC2(CCOC2)C1. The number of nitrogens with two attached hydrogens (primary N) is 1. The molecular weight excluding hydrogens is 332 g/mol. The Labute approximate surface area is 134 Å². The Hall–Kier alpha value is -0.460. The molecule has 1 spiro atoms. The lowest BCUT2D eigenvalue weighted by atomic mass is 9.79. The minimum absolute atomic E-state index is 0.0636. The average Bonchev–Trinajstić information content (AvgIpc) is 2.94. The molecule has 116 valence electrons. The maximum Gasteiger partial charge on any atom is 0.0939 e. The molecule has 5 heteroatoms. The van der Waals surface area contributed by atoms with Gasteiger partial charge >= 0.3 is 0 Å². The van der Waals surface area contributed by atoms with E-state index in [4.69, 9.17) is 15.3 Å². The van der Waals surface area contributed by atoms with Crippen LogP contribution in [0.15, 0.2) is 28.7 Å². The zero-order chi connectivity index (χ0) is 14.7. The van der Waals surface area contributed by atoms with Crippen LogP contribution < -0.4 is 11.3 Å². The van der Waals surface area contributed by atoms with Gasteiger partial charge in [-0.15, -0.1) is 0 Å². The molecular formula is C16H23BrN2O2. The second kappa shape index (κ2) is 6.75. The van der Waals surface area contributed by atoms with Crippen molar-refractivity contribution in [3.8, 4) is 0 Å². The van der Waals surface area contributed by atoms with Crippen molar-refractivity contribution in [1.82, 2.24) is 5.43 Å². The lowest BCUT2D eigenvalue weighted by Crippen LogP contribution is -2.50. The Morgan fingerprint density at radius 3 is 2.95 bits per heavy atom. The highest BCUT2D eigenvalue weighted by Crippen LogP contribution is 2.37. The minimum Gasteiger partial charge on any atom is -0.378 e. The van der Waals surface area contributed by atoms with Gasteiger partial charge in [0.2, 0.25) is 0 Å². The van der Waals surface area contributed by atoms with Crippen LogP contribution >= 0.6 is 15.9 Å². The first-order chi connectivity index (χ1) is 10.2. The van der Waals surface area contributed by atoms with E-state index >= 15 is 0 Å². The molecule has 0 amide bonds. The van der Waals surface area contributed by atoms with E-state index in [2.05, 4.69) is 39.6 Å². The summed E-state index contributed by atoms with van der Waals surface area (Å²) in [5, 5.41) is 0. The lowest BCUT2D eigenvalue weighted by Gasteiger charge is -2.40. The van der Waals surface area contributed by atoms with Crippen molar-refractivity contribution >= 4 is 15.9 Å². The average molecular weight is 355 g/mol. The molecule has 3 unspecified atom stereocenters. The van der Waals surface area contributed by atoms with Crippen LogP contribution in [0, 0.1) is 5.92 Å². The maximum atomic E-state index is 6.02. The van der Waals surface area contributed by atoms with Gasteiger partial charge in [-0.3, -0.25) is 11.3 Å². The quantitative estimate of drug-likeness (QED) is 0.643. The van der Waals surface area contributed by atoms with Gasteiger partial charge in [0.15, 0.2) is 0 Å². The third-order valence-electron chi connectivity index (χ3n) is 4.78. The Morgan fingerprint density at radius 2 is 2.24 bits per heavy atom. The van der Waals surface area contributed by atoms with Crippen molar-refractivity contribution in [2.24, 2.45) is 11.8 Å². The predicted octanol–water partition coefficient (Wildman–Crippen LogP) is 2.41. The van der Waals surface area contributed by atoms with Gasteiger partial charge in [0, 0.05) is 30.1 Å². The van der Waals surface area contributed by atoms with Crippen LogP contribution in [0.2, 0.25) is 0 Å². The van der Waals surface area contributed by atoms with Gasteiger partial charge in [-0.1, -0.05) is 34.1 Å². The summed E-state index contributed by atoms with van der Waals surface area (Å²) >= 11 is 3.62. The summed E-state index contributed by atoms with van der Waals surface area (Å²) in [5.74, 6) is 6.38. The first-order valence-corrected chi connectivity index (χ1v) is 8.43. The molecule has 3 N–H and O–H groups in total. The summed E-state index contributed by atoms with van der Waals surface area (Å²) in [7, 11) is 0. The number of ether oxygens (including phenoxy) is 2. The van der Waals surface area contributed by atoms with Crippen molar-refractivity contribution in [1.29, 1.82) is 0 Å². The zero-order valence-electron chi connectivity index (χ0n) is 12.2. The van der Waals surface area contributed by atoms with Crippen LogP contribution in [-0.4, -0.2) is 31.5 Å². The molecule has 0 radical (unpaired) electrons. The van der Waals surface area contributed by atoms with Crippen molar-refractivity contribution in [2.75, 3.05) is 19.8 Å².